The van der Waals surface area contributed by atoms with E-state index in [4.69, 9.17) is 27.1 Å². The first-order chi connectivity index (χ1) is 13.8. The molecule has 0 rings (SSSR count). The molecule has 0 bridgehead atoms. The molecule has 30 heavy (non-hydrogen) atoms. The van der Waals surface area contributed by atoms with Gasteiger partial charge in [0, 0.05) is 0 Å². The van der Waals surface area contributed by atoms with E-state index in [1.807, 2.05) is 55.4 Å². The Morgan fingerprint density at radius 2 is 0.867 bits per heavy atom. The summed E-state index contributed by atoms with van der Waals surface area (Å²) in [5.41, 5.74) is 0. The SMILES string of the molecule is CC(C)COP(=O)(OCCC(C)OP(=O)(OCC(C)C)OCC(C)C)OCC(C)C. The van der Waals surface area contributed by atoms with E-state index >= 15 is 0 Å². The molecule has 0 aromatic rings. The van der Waals surface area contributed by atoms with Crippen LogP contribution in [0, 0.1) is 23.7 Å². The van der Waals surface area contributed by atoms with E-state index in [2.05, 4.69) is 0 Å². The van der Waals surface area contributed by atoms with Crippen molar-refractivity contribution in [3.63, 3.8) is 0 Å². The second kappa shape index (κ2) is 15.1. The van der Waals surface area contributed by atoms with E-state index in [-0.39, 0.29) is 56.7 Å². The summed E-state index contributed by atoms with van der Waals surface area (Å²) in [6.45, 7) is 18.5. The number of hydrogen-bond acceptors (Lipinski definition) is 8. The number of rotatable bonds is 18. The van der Waals surface area contributed by atoms with Gasteiger partial charge in [-0.25, -0.2) is 9.13 Å². The van der Waals surface area contributed by atoms with Crippen molar-refractivity contribution in [1.29, 1.82) is 0 Å². The standard InChI is InChI=1S/C20H44O8P2/c1-16(2)12-24-29(21,25-13-17(3)4)23-11-10-20(9)28-30(22,26-14-18(5)6)27-15-19(7)8/h16-20H,10-15H2,1-9H3. The summed E-state index contributed by atoms with van der Waals surface area (Å²) in [4.78, 5) is 0. The average molecular weight is 475 g/mol. The summed E-state index contributed by atoms with van der Waals surface area (Å²) < 4.78 is 58.6. The Morgan fingerprint density at radius 3 is 1.20 bits per heavy atom. The van der Waals surface area contributed by atoms with Crippen molar-refractivity contribution in [2.45, 2.75) is 74.8 Å². The molecule has 0 aliphatic heterocycles. The number of phosphoric acid groups is 2. The molecule has 1 atom stereocenters. The molecule has 8 nitrogen and oxygen atoms in total. The third-order valence-corrected chi connectivity index (χ3v) is 6.32. The smallest absolute Gasteiger partial charge is 0.287 e. The predicted octanol–water partition coefficient (Wildman–Crippen LogP) is 6.70. The largest absolute Gasteiger partial charge is 0.475 e. The van der Waals surface area contributed by atoms with Crippen LogP contribution in [0.15, 0.2) is 0 Å². The first-order valence-corrected chi connectivity index (χ1v) is 13.8. The molecular formula is C20H44O8P2. The molecule has 1 unspecified atom stereocenters. The van der Waals surface area contributed by atoms with E-state index in [1.165, 1.54) is 0 Å². The highest BCUT2D eigenvalue weighted by Gasteiger charge is 2.32. The van der Waals surface area contributed by atoms with Gasteiger partial charge in [-0.2, -0.15) is 0 Å². The maximum Gasteiger partial charge on any atom is 0.475 e. The highest BCUT2D eigenvalue weighted by Crippen LogP contribution is 2.52. The van der Waals surface area contributed by atoms with E-state index in [1.54, 1.807) is 6.92 Å². The van der Waals surface area contributed by atoms with Crippen LogP contribution in [0.4, 0.5) is 0 Å². The Bertz CT molecular complexity index is 505. The zero-order valence-electron chi connectivity index (χ0n) is 20.3. The highest BCUT2D eigenvalue weighted by atomic mass is 31.2. The predicted molar refractivity (Wildman–Crippen MR) is 119 cm³/mol. The molecule has 0 N–H and O–H groups in total. The molecule has 0 aliphatic carbocycles. The highest BCUT2D eigenvalue weighted by molar-refractivity contribution is 7.48. The van der Waals surface area contributed by atoms with Gasteiger partial charge in [0.25, 0.3) is 0 Å². The van der Waals surface area contributed by atoms with Crippen molar-refractivity contribution in [2.75, 3.05) is 33.0 Å². The van der Waals surface area contributed by atoms with Gasteiger partial charge in [-0.3, -0.25) is 27.1 Å². The second-order valence-electron chi connectivity index (χ2n) is 9.19. The van der Waals surface area contributed by atoms with Crippen LogP contribution in [-0.4, -0.2) is 39.1 Å². The summed E-state index contributed by atoms with van der Waals surface area (Å²) >= 11 is 0. The van der Waals surface area contributed by atoms with E-state index in [9.17, 15) is 9.13 Å². The zero-order chi connectivity index (χ0) is 23.4. The third kappa shape index (κ3) is 15.9. The van der Waals surface area contributed by atoms with Gasteiger partial charge >= 0.3 is 15.6 Å². The Hall–Kier alpha value is 0.220. The fourth-order valence-electron chi connectivity index (χ4n) is 1.77. The van der Waals surface area contributed by atoms with Crippen LogP contribution in [0.1, 0.15) is 68.7 Å². The van der Waals surface area contributed by atoms with Crippen molar-refractivity contribution >= 4 is 15.6 Å². The van der Waals surface area contributed by atoms with Gasteiger partial charge in [0.1, 0.15) is 0 Å². The van der Waals surface area contributed by atoms with Crippen molar-refractivity contribution < 1.29 is 36.3 Å². The van der Waals surface area contributed by atoms with Gasteiger partial charge in [-0.05, 0) is 37.0 Å². The molecule has 0 heterocycles. The van der Waals surface area contributed by atoms with Gasteiger partial charge in [0.15, 0.2) is 0 Å². The molecule has 0 fully saturated rings. The molecule has 0 radical (unpaired) electrons. The van der Waals surface area contributed by atoms with Gasteiger partial charge in [0.2, 0.25) is 0 Å². The normalized spacial score (nSPS) is 14.4. The van der Waals surface area contributed by atoms with Crippen LogP contribution in [-0.2, 0) is 36.3 Å². The Balaban J connectivity index is 4.78. The quantitative estimate of drug-likeness (QED) is 0.203. The van der Waals surface area contributed by atoms with Crippen LogP contribution < -0.4 is 0 Å². The number of hydrogen-bond donors (Lipinski definition) is 0. The molecule has 0 saturated carbocycles. The van der Waals surface area contributed by atoms with Crippen molar-refractivity contribution in [3.05, 3.63) is 0 Å². The molecule has 10 heteroatoms. The summed E-state index contributed by atoms with van der Waals surface area (Å²) in [7, 11) is -7.38. The zero-order valence-corrected chi connectivity index (χ0v) is 22.1. The van der Waals surface area contributed by atoms with Crippen LogP contribution in [0.5, 0.6) is 0 Å². The number of phosphoric ester groups is 2. The molecule has 0 aromatic heterocycles. The maximum absolute atomic E-state index is 12.9. The fourth-order valence-corrected chi connectivity index (χ4v) is 4.99. The Labute approximate surface area is 183 Å². The summed E-state index contributed by atoms with van der Waals surface area (Å²) in [6, 6.07) is 0. The minimum atomic E-state index is -3.70. The monoisotopic (exact) mass is 474 g/mol. The average Bonchev–Trinajstić information content (AvgIpc) is 2.62. The Kier molecular flexibility index (Phi) is 15.2. The Morgan fingerprint density at radius 1 is 0.533 bits per heavy atom. The van der Waals surface area contributed by atoms with Crippen LogP contribution in [0.2, 0.25) is 0 Å². The molecule has 0 aromatic carbocycles. The minimum Gasteiger partial charge on any atom is -0.287 e. The van der Waals surface area contributed by atoms with E-state index in [0.717, 1.165) is 0 Å². The van der Waals surface area contributed by atoms with Gasteiger partial charge < -0.3 is 0 Å². The minimum absolute atomic E-state index is 0.0585. The molecule has 0 saturated heterocycles. The molecule has 182 valence electrons. The summed E-state index contributed by atoms with van der Waals surface area (Å²) in [5, 5.41) is 0. The second-order valence-corrected chi connectivity index (χ2v) is 12.5. The van der Waals surface area contributed by atoms with Crippen LogP contribution in [0.25, 0.3) is 0 Å². The lowest BCUT2D eigenvalue weighted by Gasteiger charge is -2.24. The van der Waals surface area contributed by atoms with Gasteiger partial charge in [-0.1, -0.05) is 55.4 Å². The lowest BCUT2D eigenvalue weighted by atomic mass is 10.2. The molecule has 0 spiro atoms. The van der Waals surface area contributed by atoms with Gasteiger partial charge in [-0.15, -0.1) is 0 Å². The molecule has 0 amide bonds. The first kappa shape index (κ1) is 30.2. The van der Waals surface area contributed by atoms with Crippen molar-refractivity contribution in [2.24, 2.45) is 23.7 Å². The topological polar surface area (TPSA) is 89.5 Å². The van der Waals surface area contributed by atoms with Crippen molar-refractivity contribution in [3.8, 4) is 0 Å². The van der Waals surface area contributed by atoms with Gasteiger partial charge in [0.05, 0.1) is 39.1 Å². The maximum atomic E-state index is 12.9. The van der Waals surface area contributed by atoms with Crippen LogP contribution >= 0.6 is 15.6 Å². The lowest BCUT2D eigenvalue weighted by molar-refractivity contribution is 0.0552. The first-order valence-electron chi connectivity index (χ1n) is 10.9. The lowest BCUT2D eigenvalue weighted by Crippen LogP contribution is -2.16. The van der Waals surface area contributed by atoms with Crippen molar-refractivity contribution in [1.82, 2.24) is 0 Å². The van der Waals surface area contributed by atoms with Crippen LogP contribution in [0.3, 0.4) is 0 Å². The fraction of sp³-hybridized carbons (Fsp3) is 1.00. The molecule has 0 aliphatic rings. The molecular weight excluding hydrogens is 430 g/mol. The summed E-state index contributed by atoms with van der Waals surface area (Å²) in [6.07, 6.45) is -0.182. The van der Waals surface area contributed by atoms with E-state index < -0.39 is 21.7 Å². The van der Waals surface area contributed by atoms with E-state index in [0.29, 0.717) is 6.42 Å². The summed E-state index contributed by atoms with van der Waals surface area (Å²) in [5.74, 6) is 0.749. The third-order valence-electron chi connectivity index (χ3n) is 3.35.